The Bertz CT molecular complexity index is 1800. The molecule has 0 saturated carbocycles. The number of amides is 2. The highest BCUT2D eigenvalue weighted by atomic mass is 19.3. The van der Waals surface area contributed by atoms with Crippen LogP contribution in [0.25, 0.3) is 22.6 Å². The molecule has 15 heteroatoms. The van der Waals surface area contributed by atoms with Crippen molar-refractivity contribution in [1.29, 1.82) is 0 Å². The number of piperazine rings is 1. The summed E-state index contributed by atoms with van der Waals surface area (Å²) in [7, 11) is 1.48. The lowest BCUT2D eigenvalue weighted by molar-refractivity contribution is -0.114. The maximum Gasteiger partial charge on any atom is 0.350 e. The number of methoxy groups -OCH3 is 1. The summed E-state index contributed by atoms with van der Waals surface area (Å²) in [5.74, 6) is 0.249. The molecule has 2 amide bonds. The average molecular weight is 604 g/mol. The highest BCUT2D eigenvalue weighted by molar-refractivity contribution is 5.94. The first kappa shape index (κ1) is 28.8. The molecule has 3 aromatic heterocycles. The standard InChI is InChI=1S/C29H27F2N9O4/c1-17(41)33-19-8-9-23-21(14-19)34-27(44-23)20-15-22(32-16-24(20)43-2)28(42)39-12-10-38(11-13-39)25(18-6-4-3-5-7-18)26-35-37-40(36-26)29(30)31/h3-9,14-16,25,29H,10-13H2,1-2H3,(H,33,41)/t25-/m0/s1. The molecule has 6 rings (SSSR count). The van der Waals surface area contributed by atoms with Crippen molar-refractivity contribution < 1.29 is 27.5 Å². The molecule has 1 aliphatic heterocycles. The summed E-state index contributed by atoms with van der Waals surface area (Å²) >= 11 is 0. The van der Waals surface area contributed by atoms with Gasteiger partial charge in [-0.05, 0) is 35.0 Å². The Hall–Kier alpha value is -5.31. The van der Waals surface area contributed by atoms with Gasteiger partial charge in [0, 0.05) is 38.8 Å². The lowest BCUT2D eigenvalue weighted by Crippen LogP contribution is -2.50. The molecule has 44 heavy (non-hydrogen) atoms. The fourth-order valence-electron chi connectivity index (χ4n) is 5.15. The number of alkyl halides is 2. The number of aromatic nitrogens is 6. The number of halogens is 2. The zero-order valence-corrected chi connectivity index (χ0v) is 23.7. The zero-order valence-electron chi connectivity index (χ0n) is 23.7. The van der Waals surface area contributed by atoms with E-state index in [0.717, 1.165) is 5.56 Å². The van der Waals surface area contributed by atoms with Crippen molar-refractivity contribution in [3.05, 3.63) is 77.9 Å². The van der Waals surface area contributed by atoms with Gasteiger partial charge < -0.3 is 19.4 Å². The summed E-state index contributed by atoms with van der Waals surface area (Å²) in [6.07, 6.45) is 1.44. The number of tetrazole rings is 1. The van der Waals surface area contributed by atoms with E-state index >= 15 is 0 Å². The number of rotatable bonds is 8. The molecule has 13 nitrogen and oxygen atoms in total. The quantitative estimate of drug-likeness (QED) is 0.278. The third-order valence-corrected chi connectivity index (χ3v) is 7.19. The number of ether oxygens (including phenoxy) is 1. The molecule has 0 unspecified atom stereocenters. The number of carbonyl (C=O) groups excluding carboxylic acids is 2. The highest BCUT2D eigenvalue weighted by Crippen LogP contribution is 2.33. The molecule has 0 bridgehead atoms. The van der Waals surface area contributed by atoms with Crippen LogP contribution < -0.4 is 10.1 Å². The number of nitrogens with one attached hydrogen (secondary N) is 1. The first-order valence-corrected chi connectivity index (χ1v) is 13.7. The van der Waals surface area contributed by atoms with Crippen molar-refractivity contribution in [3.8, 4) is 17.2 Å². The van der Waals surface area contributed by atoms with Crippen LogP contribution in [0, 0.1) is 0 Å². The van der Waals surface area contributed by atoms with E-state index in [4.69, 9.17) is 9.15 Å². The van der Waals surface area contributed by atoms with Gasteiger partial charge in [-0.3, -0.25) is 14.5 Å². The number of carbonyl (C=O) groups is 2. The molecule has 0 aliphatic carbocycles. The van der Waals surface area contributed by atoms with Gasteiger partial charge in [-0.1, -0.05) is 35.1 Å². The van der Waals surface area contributed by atoms with Gasteiger partial charge in [-0.2, -0.15) is 8.78 Å². The Morgan fingerprint density at radius 2 is 1.82 bits per heavy atom. The maximum atomic E-state index is 13.6. The predicted octanol–water partition coefficient (Wildman–Crippen LogP) is 3.79. The number of benzene rings is 2. The van der Waals surface area contributed by atoms with Crippen LogP contribution in [0.1, 0.15) is 41.4 Å². The van der Waals surface area contributed by atoms with Crippen LogP contribution >= 0.6 is 0 Å². The number of oxazole rings is 1. The number of hydrogen-bond donors (Lipinski definition) is 1. The van der Waals surface area contributed by atoms with Crippen molar-refractivity contribution in [2.45, 2.75) is 19.5 Å². The van der Waals surface area contributed by atoms with Gasteiger partial charge in [0.2, 0.25) is 11.8 Å². The zero-order chi connectivity index (χ0) is 30.8. The second-order valence-electron chi connectivity index (χ2n) is 10.0. The molecule has 4 heterocycles. The summed E-state index contributed by atoms with van der Waals surface area (Å²) in [6, 6.07) is 15.5. The first-order valence-electron chi connectivity index (χ1n) is 13.7. The summed E-state index contributed by atoms with van der Waals surface area (Å²) in [6.45, 7) is 0.0740. The van der Waals surface area contributed by atoms with Crippen LogP contribution in [0.4, 0.5) is 14.5 Å². The van der Waals surface area contributed by atoms with E-state index in [2.05, 4.69) is 30.7 Å². The van der Waals surface area contributed by atoms with Crippen LogP contribution in [-0.2, 0) is 4.79 Å². The van der Waals surface area contributed by atoms with Crippen molar-refractivity contribution in [1.82, 2.24) is 40.0 Å². The predicted molar refractivity (Wildman–Crippen MR) is 153 cm³/mol. The van der Waals surface area contributed by atoms with Gasteiger partial charge in [-0.25, -0.2) is 9.97 Å². The van der Waals surface area contributed by atoms with Gasteiger partial charge in [0.05, 0.1) is 24.9 Å². The van der Waals surface area contributed by atoms with Gasteiger partial charge in [-0.15, -0.1) is 10.2 Å². The molecule has 1 N–H and O–H groups in total. The van der Waals surface area contributed by atoms with Crippen molar-refractivity contribution in [3.63, 3.8) is 0 Å². The molecule has 1 fully saturated rings. The minimum absolute atomic E-state index is 0.153. The first-order chi connectivity index (χ1) is 21.3. The van der Waals surface area contributed by atoms with Gasteiger partial charge in [0.1, 0.15) is 17.0 Å². The van der Waals surface area contributed by atoms with E-state index in [9.17, 15) is 18.4 Å². The normalized spacial score (nSPS) is 14.6. The molecule has 0 radical (unpaired) electrons. The molecule has 5 aromatic rings. The van der Waals surface area contributed by atoms with Crippen LogP contribution in [0.15, 0.2) is 65.2 Å². The lowest BCUT2D eigenvalue weighted by atomic mass is 10.0. The second kappa shape index (κ2) is 12.1. The Balaban J connectivity index is 1.21. The largest absolute Gasteiger partial charge is 0.494 e. The van der Waals surface area contributed by atoms with Crippen LogP contribution in [0.2, 0.25) is 0 Å². The van der Waals surface area contributed by atoms with Gasteiger partial charge >= 0.3 is 6.55 Å². The number of pyridine rings is 1. The highest BCUT2D eigenvalue weighted by Gasteiger charge is 2.32. The van der Waals surface area contributed by atoms with Gasteiger partial charge in [0.15, 0.2) is 11.4 Å². The Labute approximate surface area is 249 Å². The fraction of sp³-hybridized carbons (Fsp3) is 0.276. The van der Waals surface area contributed by atoms with E-state index in [-0.39, 0.29) is 34.0 Å². The molecule has 1 saturated heterocycles. The lowest BCUT2D eigenvalue weighted by Gasteiger charge is -2.38. The minimum Gasteiger partial charge on any atom is -0.494 e. The molecular formula is C29H27F2N9O4. The van der Waals surface area contributed by atoms with Crippen molar-refractivity contribution in [2.24, 2.45) is 0 Å². The maximum absolute atomic E-state index is 13.6. The van der Waals surface area contributed by atoms with Crippen molar-refractivity contribution >= 4 is 28.6 Å². The van der Waals surface area contributed by atoms with E-state index < -0.39 is 12.6 Å². The number of hydrogen-bond acceptors (Lipinski definition) is 10. The molecule has 2 aromatic carbocycles. The van der Waals surface area contributed by atoms with Crippen LogP contribution in [-0.4, -0.2) is 85.1 Å². The van der Waals surface area contributed by atoms with Crippen molar-refractivity contribution in [2.75, 3.05) is 38.6 Å². The second-order valence-corrected chi connectivity index (χ2v) is 10.0. The number of nitrogens with zero attached hydrogens (tertiary/aromatic N) is 8. The third kappa shape index (κ3) is 5.81. The summed E-state index contributed by atoms with van der Waals surface area (Å²) in [4.78, 5) is 37.9. The Morgan fingerprint density at radius 1 is 1.05 bits per heavy atom. The SMILES string of the molecule is COc1cnc(C(=O)N2CCN([C@@H](c3ccccc3)c3nnn(C(F)F)n3)CC2)cc1-c1nc2cc(NC(C)=O)ccc2o1. The molecule has 1 aliphatic rings. The third-order valence-electron chi connectivity index (χ3n) is 7.19. The average Bonchev–Trinajstić information content (AvgIpc) is 3.69. The topological polar surface area (TPSA) is 144 Å². The Kier molecular flexibility index (Phi) is 7.93. The van der Waals surface area contributed by atoms with Crippen LogP contribution in [0.5, 0.6) is 5.75 Å². The molecule has 226 valence electrons. The van der Waals surface area contributed by atoms with E-state index in [1.165, 1.54) is 20.2 Å². The fourth-order valence-corrected chi connectivity index (χ4v) is 5.15. The smallest absolute Gasteiger partial charge is 0.350 e. The minimum atomic E-state index is -2.90. The summed E-state index contributed by atoms with van der Waals surface area (Å²) in [5.41, 5.74) is 3.03. The van der Waals surface area contributed by atoms with E-state index in [1.807, 2.05) is 35.2 Å². The number of anilines is 1. The van der Waals surface area contributed by atoms with E-state index in [1.54, 1.807) is 29.2 Å². The van der Waals surface area contributed by atoms with E-state index in [0.29, 0.717) is 54.3 Å². The Morgan fingerprint density at radius 3 is 2.50 bits per heavy atom. The molecule has 1 atom stereocenters. The van der Waals surface area contributed by atoms with Gasteiger partial charge in [0.25, 0.3) is 5.91 Å². The number of fused-ring (bicyclic) bond motifs is 1. The molecular weight excluding hydrogens is 576 g/mol. The summed E-state index contributed by atoms with van der Waals surface area (Å²) < 4.78 is 37.8. The van der Waals surface area contributed by atoms with Crippen LogP contribution in [0.3, 0.4) is 0 Å². The monoisotopic (exact) mass is 603 g/mol. The molecule has 0 spiro atoms. The summed E-state index contributed by atoms with van der Waals surface area (Å²) in [5, 5.41) is 14.0.